The van der Waals surface area contributed by atoms with Crippen molar-refractivity contribution in [1.29, 1.82) is 0 Å². The Balaban J connectivity index is 1.85. The van der Waals surface area contributed by atoms with Crippen molar-refractivity contribution in [3.63, 3.8) is 0 Å². The third-order valence-electron chi connectivity index (χ3n) is 4.53. The molecule has 3 atom stereocenters. The molecule has 20 heavy (non-hydrogen) atoms. The Morgan fingerprint density at radius 1 is 1.55 bits per heavy atom. The molecule has 3 N–H and O–H groups in total. The Kier molecular flexibility index (Phi) is 4.68. The third kappa shape index (κ3) is 3.51. The summed E-state index contributed by atoms with van der Waals surface area (Å²) in [6.45, 7) is 5.50. The average Bonchev–Trinajstić information content (AvgIpc) is 2.74. The van der Waals surface area contributed by atoms with E-state index in [0.717, 1.165) is 38.6 Å². The Morgan fingerprint density at radius 3 is 2.90 bits per heavy atom. The monoisotopic (exact) mass is 281 g/mol. The quantitative estimate of drug-likeness (QED) is 0.808. The van der Waals surface area contributed by atoms with Crippen LogP contribution in [0.1, 0.15) is 52.4 Å². The molecule has 5 heteroatoms. The van der Waals surface area contributed by atoms with E-state index in [0.29, 0.717) is 18.9 Å². The summed E-state index contributed by atoms with van der Waals surface area (Å²) in [5.74, 6) is 0.651. The van der Waals surface area contributed by atoms with Gasteiger partial charge >= 0.3 is 0 Å². The van der Waals surface area contributed by atoms with E-state index in [1.54, 1.807) is 0 Å². The van der Waals surface area contributed by atoms with E-state index >= 15 is 0 Å². The van der Waals surface area contributed by atoms with E-state index in [4.69, 9.17) is 5.73 Å². The standard InChI is InChI=1S/C15H27N3O2/c1-11-5-3-7-15(16,9-11)14(20)17-12(2)10-18-8-4-6-13(18)19/h11-12H,3-10,16H2,1-2H3,(H,17,20). The van der Waals surface area contributed by atoms with Crippen molar-refractivity contribution in [3.05, 3.63) is 0 Å². The van der Waals surface area contributed by atoms with Crippen LogP contribution in [0.5, 0.6) is 0 Å². The first kappa shape index (κ1) is 15.3. The fraction of sp³-hybridized carbons (Fsp3) is 0.867. The lowest BCUT2D eigenvalue weighted by Gasteiger charge is -2.36. The van der Waals surface area contributed by atoms with Crippen molar-refractivity contribution in [3.8, 4) is 0 Å². The molecule has 1 saturated carbocycles. The molecular formula is C15H27N3O2. The van der Waals surface area contributed by atoms with Crippen LogP contribution in [0.15, 0.2) is 0 Å². The van der Waals surface area contributed by atoms with Gasteiger partial charge in [0.1, 0.15) is 0 Å². The second-order valence-electron chi connectivity index (χ2n) is 6.68. The Hall–Kier alpha value is -1.10. The van der Waals surface area contributed by atoms with Gasteiger partial charge in [0.05, 0.1) is 5.54 Å². The van der Waals surface area contributed by atoms with Crippen molar-refractivity contribution < 1.29 is 9.59 Å². The van der Waals surface area contributed by atoms with Crippen LogP contribution in [0.25, 0.3) is 0 Å². The van der Waals surface area contributed by atoms with Crippen LogP contribution in [0.2, 0.25) is 0 Å². The van der Waals surface area contributed by atoms with E-state index < -0.39 is 5.54 Å². The van der Waals surface area contributed by atoms with Crippen molar-refractivity contribution in [2.24, 2.45) is 11.7 Å². The number of nitrogens with zero attached hydrogens (tertiary/aromatic N) is 1. The molecule has 0 radical (unpaired) electrons. The van der Waals surface area contributed by atoms with Crippen molar-refractivity contribution in [1.82, 2.24) is 10.2 Å². The van der Waals surface area contributed by atoms with E-state index in [2.05, 4.69) is 12.2 Å². The summed E-state index contributed by atoms with van der Waals surface area (Å²) in [5.41, 5.74) is 5.56. The summed E-state index contributed by atoms with van der Waals surface area (Å²) in [6, 6.07) is -0.0396. The van der Waals surface area contributed by atoms with E-state index in [9.17, 15) is 9.59 Å². The molecule has 0 spiro atoms. The van der Waals surface area contributed by atoms with Crippen LogP contribution in [-0.2, 0) is 9.59 Å². The molecule has 1 aliphatic heterocycles. The minimum Gasteiger partial charge on any atom is -0.350 e. The minimum absolute atomic E-state index is 0.0396. The number of hydrogen-bond acceptors (Lipinski definition) is 3. The first-order chi connectivity index (χ1) is 9.40. The lowest BCUT2D eigenvalue weighted by molar-refractivity contribution is -0.131. The largest absolute Gasteiger partial charge is 0.350 e. The minimum atomic E-state index is -0.721. The summed E-state index contributed by atoms with van der Waals surface area (Å²) in [5, 5.41) is 3.00. The second kappa shape index (κ2) is 6.12. The third-order valence-corrected chi connectivity index (χ3v) is 4.53. The van der Waals surface area contributed by atoms with Crippen LogP contribution in [-0.4, -0.2) is 41.4 Å². The highest BCUT2D eigenvalue weighted by atomic mass is 16.2. The number of carbonyl (C=O) groups is 2. The SMILES string of the molecule is CC1CCCC(N)(C(=O)NC(C)CN2CCCC2=O)C1. The van der Waals surface area contributed by atoms with Gasteiger partial charge in [-0.3, -0.25) is 9.59 Å². The maximum atomic E-state index is 12.4. The molecule has 5 nitrogen and oxygen atoms in total. The van der Waals surface area contributed by atoms with Crippen molar-refractivity contribution >= 4 is 11.8 Å². The highest BCUT2D eigenvalue weighted by Crippen LogP contribution is 2.30. The van der Waals surface area contributed by atoms with Crippen LogP contribution in [0, 0.1) is 5.92 Å². The van der Waals surface area contributed by atoms with Gasteiger partial charge in [-0.05, 0) is 32.1 Å². The van der Waals surface area contributed by atoms with Crippen LogP contribution in [0.3, 0.4) is 0 Å². The van der Waals surface area contributed by atoms with E-state index in [-0.39, 0.29) is 17.9 Å². The summed E-state index contributed by atoms with van der Waals surface area (Å²) in [4.78, 5) is 25.8. The molecule has 2 aliphatic rings. The van der Waals surface area contributed by atoms with E-state index in [1.807, 2.05) is 11.8 Å². The molecule has 1 aliphatic carbocycles. The van der Waals surface area contributed by atoms with Crippen LogP contribution >= 0.6 is 0 Å². The average molecular weight is 281 g/mol. The molecule has 0 bridgehead atoms. The highest BCUT2D eigenvalue weighted by molar-refractivity contribution is 5.86. The number of nitrogens with two attached hydrogens (primary N) is 1. The van der Waals surface area contributed by atoms with E-state index in [1.165, 1.54) is 0 Å². The second-order valence-corrected chi connectivity index (χ2v) is 6.68. The predicted octanol–water partition coefficient (Wildman–Crippen LogP) is 1.02. The molecule has 2 fully saturated rings. The molecule has 2 rings (SSSR count). The predicted molar refractivity (Wildman–Crippen MR) is 78.0 cm³/mol. The van der Waals surface area contributed by atoms with Gasteiger partial charge in [0.2, 0.25) is 11.8 Å². The zero-order chi connectivity index (χ0) is 14.8. The summed E-state index contributed by atoms with van der Waals surface area (Å²) < 4.78 is 0. The van der Waals surface area contributed by atoms with Gasteiger partial charge in [-0.1, -0.05) is 19.8 Å². The Labute approximate surface area is 121 Å². The first-order valence-corrected chi connectivity index (χ1v) is 7.78. The van der Waals surface area contributed by atoms with Gasteiger partial charge in [-0.25, -0.2) is 0 Å². The highest BCUT2D eigenvalue weighted by Gasteiger charge is 2.38. The first-order valence-electron chi connectivity index (χ1n) is 7.78. The summed E-state index contributed by atoms with van der Waals surface area (Å²) in [6.07, 6.45) is 5.26. The Bertz CT molecular complexity index is 385. The van der Waals surface area contributed by atoms with Gasteiger partial charge in [-0.2, -0.15) is 0 Å². The number of carbonyl (C=O) groups excluding carboxylic acids is 2. The molecule has 114 valence electrons. The maximum absolute atomic E-state index is 12.4. The number of hydrogen-bond donors (Lipinski definition) is 2. The lowest BCUT2D eigenvalue weighted by Crippen LogP contribution is -2.58. The van der Waals surface area contributed by atoms with Gasteiger partial charge < -0.3 is 16.0 Å². The summed E-state index contributed by atoms with van der Waals surface area (Å²) >= 11 is 0. The van der Waals surface area contributed by atoms with Crippen molar-refractivity contribution in [2.45, 2.75) is 64.0 Å². The van der Waals surface area contributed by atoms with Gasteiger partial charge in [0, 0.05) is 25.6 Å². The van der Waals surface area contributed by atoms with Crippen LogP contribution in [0.4, 0.5) is 0 Å². The lowest BCUT2D eigenvalue weighted by atomic mass is 9.76. The number of rotatable bonds is 4. The fourth-order valence-electron chi connectivity index (χ4n) is 3.44. The number of likely N-dealkylation sites (tertiary alicyclic amines) is 1. The topological polar surface area (TPSA) is 75.4 Å². The molecule has 0 aromatic carbocycles. The van der Waals surface area contributed by atoms with Gasteiger partial charge in [0.15, 0.2) is 0 Å². The molecular weight excluding hydrogens is 254 g/mol. The number of amides is 2. The smallest absolute Gasteiger partial charge is 0.240 e. The van der Waals surface area contributed by atoms with Gasteiger partial charge in [0.25, 0.3) is 0 Å². The zero-order valence-corrected chi connectivity index (χ0v) is 12.7. The zero-order valence-electron chi connectivity index (χ0n) is 12.7. The Morgan fingerprint density at radius 2 is 2.30 bits per heavy atom. The van der Waals surface area contributed by atoms with Crippen molar-refractivity contribution in [2.75, 3.05) is 13.1 Å². The molecule has 1 saturated heterocycles. The number of nitrogens with one attached hydrogen (secondary N) is 1. The summed E-state index contributed by atoms with van der Waals surface area (Å²) in [7, 11) is 0. The maximum Gasteiger partial charge on any atom is 0.240 e. The molecule has 0 aromatic heterocycles. The molecule has 3 unspecified atom stereocenters. The normalized spacial score (nSPS) is 32.2. The molecule has 1 heterocycles. The fourth-order valence-corrected chi connectivity index (χ4v) is 3.44. The molecule has 0 aromatic rings. The van der Waals surface area contributed by atoms with Crippen LogP contribution < -0.4 is 11.1 Å². The molecule has 2 amide bonds. The van der Waals surface area contributed by atoms with Gasteiger partial charge in [-0.15, -0.1) is 0 Å².